The van der Waals surface area contributed by atoms with Crippen molar-refractivity contribution in [1.29, 1.82) is 0 Å². The molecule has 4 aliphatic heterocycles. The summed E-state index contributed by atoms with van der Waals surface area (Å²) in [6, 6.07) is -0.223. The first-order valence-electron chi connectivity index (χ1n) is 18.3. The number of ether oxygens (including phenoxy) is 7. The lowest BCUT2D eigenvalue weighted by Gasteiger charge is -2.48. The van der Waals surface area contributed by atoms with Gasteiger partial charge >= 0.3 is 5.97 Å². The van der Waals surface area contributed by atoms with E-state index in [0.29, 0.717) is 18.6 Å². The zero-order valence-corrected chi connectivity index (χ0v) is 32.4. The maximum atomic E-state index is 14.3. The third-order valence-corrected chi connectivity index (χ3v) is 11.9. The Bertz CT molecular complexity index is 1210. The molecule has 14 unspecified atom stereocenters. The maximum absolute atomic E-state index is 14.3. The Morgan fingerprint density at radius 3 is 2.28 bits per heavy atom. The molecule has 3 saturated heterocycles. The van der Waals surface area contributed by atoms with Crippen molar-refractivity contribution < 1.29 is 58.4 Å². The van der Waals surface area contributed by atoms with Crippen LogP contribution >= 0.6 is 0 Å². The minimum Gasteiger partial charge on any atom is -0.488 e. The molecule has 50 heavy (non-hydrogen) atoms. The van der Waals surface area contributed by atoms with E-state index in [-0.39, 0.29) is 25.0 Å². The molecule has 290 valence electrons. The predicted molar refractivity (Wildman–Crippen MR) is 184 cm³/mol. The molecular formula is C37H65NO12. The lowest BCUT2D eigenvalue weighted by molar-refractivity contribution is -0.316. The van der Waals surface area contributed by atoms with Crippen LogP contribution in [0.1, 0.15) is 94.9 Å². The fourth-order valence-electron chi connectivity index (χ4n) is 8.73. The van der Waals surface area contributed by atoms with Gasteiger partial charge in [0.2, 0.25) is 0 Å². The summed E-state index contributed by atoms with van der Waals surface area (Å²) in [6.07, 6.45) is -7.24. The molecule has 0 radical (unpaired) electrons. The van der Waals surface area contributed by atoms with Crippen LogP contribution in [0.5, 0.6) is 0 Å². The molecule has 0 aliphatic carbocycles. The summed E-state index contributed by atoms with van der Waals surface area (Å²) in [4.78, 5) is 16.2. The molecule has 4 N–H and O–H groups in total. The molecule has 4 aliphatic rings. The summed E-state index contributed by atoms with van der Waals surface area (Å²) in [7, 11) is 5.35. The number of fused-ring (bicyclic) bond motifs is 2. The number of carbonyl (C=O) groups is 1. The number of hydrogen-bond donors (Lipinski definition) is 4. The molecule has 2 bridgehead atoms. The van der Waals surface area contributed by atoms with Gasteiger partial charge in [0, 0.05) is 31.9 Å². The average molecular weight is 716 g/mol. The molecule has 13 nitrogen and oxygen atoms in total. The molecule has 17 atom stereocenters. The van der Waals surface area contributed by atoms with Crippen LogP contribution < -0.4 is 0 Å². The van der Waals surface area contributed by atoms with Gasteiger partial charge in [-0.3, -0.25) is 4.79 Å². The molecule has 0 aromatic carbocycles. The van der Waals surface area contributed by atoms with Gasteiger partial charge in [0.15, 0.2) is 12.6 Å². The van der Waals surface area contributed by atoms with Gasteiger partial charge in [-0.05, 0) is 81.0 Å². The summed E-state index contributed by atoms with van der Waals surface area (Å²) in [5.74, 6) is -2.26. The van der Waals surface area contributed by atoms with Crippen LogP contribution in [0.3, 0.4) is 0 Å². The fourth-order valence-corrected chi connectivity index (χ4v) is 8.73. The van der Waals surface area contributed by atoms with Crippen molar-refractivity contribution >= 4 is 5.97 Å². The average Bonchev–Trinajstić information content (AvgIpc) is 3.36. The van der Waals surface area contributed by atoms with Crippen LogP contribution in [0.2, 0.25) is 0 Å². The molecule has 0 amide bonds. The Hall–Kier alpha value is -1.39. The van der Waals surface area contributed by atoms with E-state index in [4.69, 9.17) is 33.2 Å². The number of aliphatic hydroxyl groups excluding tert-OH is 3. The molecule has 0 spiro atoms. The standard InChI is InChI=1S/C37H65NO12/c1-14-25(39)37(10,43)32-20(4)28-18(2)16-36(9,50-28)31(49-34-27(40)24(38(11)12)15-19(3)45-34)21(5)29(22(6)33(42)48-32)47-26-17-35(8,44-13)30(41)23(7)46-26/h19-27,29-32,34,39-41,43H,14-17H2,1-13H3/t19?,20?,21?,22?,23?,24?,25?,26?,27?,29?,30?,31?,32?,34?,35-,36-,37-/m1/s1. The molecule has 4 heterocycles. The maximum Gasteiger partial charge on any atom is 0.311 e. The molecule has 0 aromatic rings. The van der Waals surface area contributed by atoms with Gasteiger partial charge in [-0.15, -0.1) is 0 Å². The van der Waals surface area contributed by atoms with Gasteiger partial charge in [-0.1, -0.05) is 20.8 Å². The number of rotatable bonds is 9. The SMILES string of the molecule is CCC(O)[C@@](C)(O)C1OC(=O)C(C)C(OC2C[C@@](C)(OC)C(O)C(C)O2)C(C)C(OC2OC(C)CC(N(C)C)C2O)[C@@]2(C)CC(C)=C(O2)C1C. The normalized spacial score (nSPS) is 46.5. The van der Waals surface area contributed by atoms with Crippen LogP contribution in [-0.2, 0) is 38.0 Å². The van der Waals surface area contributed by atoms with E-state index in [9.17, 15) is 25.2 Å². The van der Waals surface area contributed by atoms with Crippen molar-refractivity contribution in [3.63, 3.8) is 0 Å². The first kappa shape index (κ1) is 41.4. The second kappa shape index (κ2) is 15.5. The van der Waals surface area contributed by atoms with E-state index in [1.807, 2.05) is 53.6 Å². The molecule has 13 heteroatoms. The van der Waals surface area contributed by atoms with E-state index >= 15 is 0 Å². The number of aliphatic hydroxyl groups is 4. The zero-order valence-electron chi connectivity index (χ0n) is 32.4. The van der Waals surface area contributed by atoms with E-state index < -0.39 is 95.8 Å². The first-order valence-corrected chi connectivity index (χ1v) is 18.3. The van der Waals surface area contributed by atoms with Gasteiger partial charge in [0.1, 0.15) is 41.4 Å². The largest absolute Gasteiger partial charge is 0.488 e. The smallest absolute Gasteiger partial charge is 0.311 e. The number of likely N-dealkylation sites (N-methyl/N-ethyl adjacent to an activating group) is 1. The Kier molecular flexibility index (Phi) is 12.8. The lowest BCUT2D eigenvalue weighted by atomic mass is 9.78. The predicted octanol–water partition coefficient (Wildman–Crippen LogP) is 2.89. The molecule has 3 fully saturated rings. The Labute approximate surface area is 298 Å². The summed E-state index contributed by atoms with van der Waals surface area (Å²) < 4.78 is 44.8. The minimum atomic E-state index is -1.82. The van der Waals surface area contributed by atoms with Crippen molar-refractivity contribution in [2.45, 2.75) is 179 Å². The monoisotopic (exact) mass is 715 g/mol. The molecule has 0 saturated carbocycles. The summed E-state index contributed by atoms with van der Waals surface area (Å²) >= 11 is 0. The Morgan fingerprint density at radius 2 is 1.70 bits per heavy atom. The Balaban J connectivity index is 1.83. The fraction of sp³-hybridized carbons (Fsp3) is 0.919. The third-order valence-electron chi connectivity index (χ3n) is 11.9. The summed E-state index contributed by atoms with van der Waals surface area (Å²) in [6.45, 7) is 18.0. The van der Waals surface area contributed by atoms with Crippen molar-refractivity contribution in [1.82, 2.24) is 4.90 Å². The van der Waals surface area contributed by atoms with Crippen LogP contribution in [0.4, 0.5) is 0 Å². The van der Waals surface area contributed by atoms with Gasteiger partial charge in [-0.25, -0.2) is 0 Å². The van der Waals surface area contributed by atoms with Gasteiger partial charge < -0.3 is 58.5 Å². The zero-order chi connectivity index (χ0) is 37.7. The quantitative estimate of drug-likeness (QED) is 0.258. The molecule has 0 aromatic heterocycles. The summed E-state index contributed by atoms with van der Waals surface area (Å²) in [5, 5.41) is 45.2. The van der Waals surface area contributed by atoms with Gasteiger partial charge in [0.25, 0.3) is 0 Å². The molecular weight excluding hydrogens is 650 g/mol. The first-order chi connectivity index (χ1) is 23.1. The third kappa shape index (κ3) is 7.93. The van der Waals surface area contributed by atoms with Crippen molar-refractivity contribution in [2.24, 2.45) is 17.8 Å². The van der Waals surface area contributed by atoms with Gasteiger partial charge in [0.05, 0.1) is 41.9 Å². The number of carbonyl (C=O) groups excluding carboxylic acids is 1. The second-order valence-electron chi connectivity index (χ2n) is 16.3. The topological polar surface area (TPSA) is 166 Å². The van der Waals surface area contributed by atoms with Crippen LogP contribution in [-0.4, -0.2) is 137 Å². The second-order valence-corrected chi connectivity index (χ2v) is 16.3. The van der Waals surface area contributed by atoms with Crippen LogP contribution in [0.25, 0.3) is 0 Å². The van der Waals surface area contributed by atoms with Crippen LogP contribution in [0, 0.1) is 17.8 Å². The van der Waals surface area contributed by atoms with E-state index in [1.54, 1.807) is 27.7 Å². The summed E-state index contributed by atoms with van der Waals surface area (Å²) in [5.41, 5.74) is -2.95. The van der Waals surface area contributed by atoms with Gasteiger partial charge in [-0.2, -0.15) is 0 Å². The highest BCUT2D eigenvalue weighted by atomic mass is 16.7. The highest BCUT2D eigenvalue weighted by Gasteiger charge is 2.57. The highest BCUT2D eigenvalue weighted by Crippen LogP contribution is 2.48. The number of esters is 1. The number of hydrogen-bond acceptors (Lipinski definition) is 13. The van der Waals surface area contributed by atoms with Crippen LogP contribution in [0.15, 0.2) is 11.3 Å². The lowest BCUT2D eigenvalue weighted by Crippen LogP contribution is -2.60. The number of cyclic esters (lactones) is 1. The minimum absolute atomic E-state index is 0.174. The van der Waals surface area contributed by atoms with E-state index in [0.717, 1.165) is 5.57 Å². The highest BCUT2D eigenvalue weighted by molar-refractivity contribution is 5.73. The Morgan fingerprint density at radius 1 is 1.06 bits per heavy atom. The van der Waals surface area contributed by atoms with Crippen molar-refractivity contribution in [3.8, 4) is 0 Å². The van der Waals surface area contributed by atoms with Crippen molar-refractivity contribution in [2.75, 3.05) is 21.2 Å². The molecule has 4 rings (SSSR count). The van der Waals surface area contributed by atoms with E-state index in [1.165, 1.54) is 14.0 Å². The van der Waals surface area contributed by atoms with E-state index in [2.05, 4.69) is 0 Å². The number of methoxy groups -OCH3 is 1. The number of nitrogens with zero attached hydrogens (tertiary/aromatic N) is 1. The van der Waals surface area contributed by atoms with Crippen molar-refractivity contribution in [3.05, 3.63) is 11.3 Å².